The Labute approximate surface area is 314 Å². The molecule has 5 aliphatic rings. The zero-order valence-electron chi connectivity index (χ0n) is 31.1. The fraction of sp³-hybridized carbons (Fsp3) is 0.548. The van der Waals surface area contributed by atoms with Crippen molar-refractivity contribution in [3.05, 3.63) is 41.5 Å². The van der Waals surface area contributed by atoms with Crippen molar-refractivity contribution in [1.29, 1.82) is 0 Å². The molecule has 2 aromatic carbocycles. The maximum Gasteiger partial charge on any atom is 0.319 e. The number of aromatic nitrogens is 3. The highest BCUT2D eigenvalue weighted by molar-refractivity contribution is 6.04. The predicted octanol–water partition coefficient (Wildman–Crippen LogP) is 7.01. The van der Waals surface area contributed by atoms with Crippen LogP contribution in [0.5, 0.6) is 17.6 Å². The molecule has 6 heterocycles. The van der Waals surface area contributed by atoms with E-state index in [-0.39, 0.29) is 69.1 Å². The second-order valence-electron chi connectivity index (χ2n) is 16.2. The number of phenolic OH excluding ortho intramolecular Hbond substituents is 1. The predicted molar refractivity (Wildman–Crippen MR) is 201 cm³/mol. The fourth-order valence-electron chi connectivity index (χ4n) is 10.5. The molecule has 4 aromatic rings. The van der Waals surface area contributed by atoms with Crippen LogP contribution in [-0.4, -0.2) is 95.3 Å². The number of anilines is 1. The summed E-state index contributed by atoms with van der Waals surface area (Å²) >= 11 is 0. The maximum absolute atomic E-state index is 17.3. The van der Waals surface area contributed by atoms with E-state index in [0.717, 1.165) is 57.9 Å². The molecule has 5 fully saturated rings. The van der Waals surface area contributed by atoms with E-state index in [2.05, 4.69) is 34.6 Å². The number of aromatic hydroxyl groups is 1. The van der Waals surface area contributed by atoms with E-state index in [9.17, 15) is 5.11 Å². The summed E-state index contributed by atoms with van der Waals surface area (Å²) in [5, 5.41) is 11.7. The van der Waals surface area contributed by atoms with Crippen molar-refractivity contribution in [1.82, 2.24) is 19.9 Å². The number of phenols is 1. The number of fused-ring (bicyclic) bond motifs is 5. The number of benzene rings is 2. The van der Waals surface area contributed by atoms with Crippen molar-refractivity contribution in [2.45, 2.75) is 95.6 Å². The maximum atomic E-state index is 17.3. The van der Waals surface area contributed by atoms with Gasteiger partial charge in [-0.1, -0.05) is 18.4 Å². The lowest BCUT2D eigenvalue weighted by Gasteiger charge is -2.51. The van der Waals surface area contributed by atoms with Gasteiger partial charge in [0.05, 0.1) is 44.2 Å². The highest BCUT2D eigenvalue weighted by atomic mass is 19.1. The van der Waals surface area contributed by atoms with Crippen molar-refractivity contribution in [2.75, 3.05) is 44.9 Å². The molecule has 1 aliphatic carbocycles. The third-order valence-corrected chi connectivity index (χ3v) is 12.7. The number of hydrogen-bond donors (Lipinski definition) is 1. The van der Waals surface area contributed by atoms with Crippen molar-refractivity contribution in [3.8, 4) is 41.2 Å². The van der Waals surface area contributed by atoms with Crippen LogP contribution in [0.1, 0.15) is 70.8 Å². The number of terminal acetylenes is 1. The summed E-state index contributed by atoms with van der Waals surface area (Å²) in [5.74, 6) is 1.70. The van der Waals surface area contributed by atoms with Crippen LogP contribution < -0.4 is 14.4 Å². The largest absolute Gasteiger partial charge is 0.508 e. The molecule has 284 valence electrons. The molecule has 0 radical (unpaired) electrons. The number of methoxy groups -OCH3 is 1. The smallest absolute Gasteiger partial charge is 0.319 e. The Hall–Kier alpha value is -4.31. The third-order valence-electron chi connectivity index (χ3n) is 12.7. The lowest BCUT2D eigenvalue weighted by atomic mass is 9.74. The first kappa shape index (κ1) is 35.4. The number of likely N-dealkylation sites (tertiary alicyclic amines) is 1. The number of piperidine rings is 2. The summed E-state index contributed by atoms with van der Waals surface area (Å²) in [7, 11) is 1.46. The molecule has 4 aliphatic heterocycles. The molecule has 0 amide bonds. The normalized spacial score (nSPS) is 29.7. The Morgan fingerprint density at radius 3 is 2.63 bits per heavy atom. The molecule has 0 spiro atoms. The molecule has 4 saturated heterocycles. The zero-order chi connectivity index (χ0) is 37.3. The standard InChI is InChI=1S/C42H47F2N5O5/c1-5-30-32(43)10-9-26-17-28(50)18-31(34(26)30)37-36(44)38-35(40(45-37)51-4)39(48-19-25-16-29(20-48)52-21-25)47-41(46-38)53-22-42-11-6-8-33(42)49(13-7-12-42)27-14-23(2)54-24(3)15-27/h1,9-10,17-18,23-25,27,29,33,50H,6-8,11-16,19-22H2,2-4H3/t23-,24+,25?,27?,29?,33-,42-/m1/s1. The summed E-state index contributed by atoms with van der Waals surface area (Å²) in [6.45, 7) is 7.74. The van der Waals surface area contributed by atoms with Gasteiger partial charge in [-0.3, -0.25) is 4.90 Å². The molecule has 1 saturated carbocycles. The minimum Gasteiger partial charge on any atom is -0.508 e. The van der Waals surface area contributed by atoms with E-state index in [1.54, 1.807) is 0 Å². The van der Waals surface area contributed by atoms with Gasteiger partial charge in [0, 0.05) is 47.5 Å². The average molecular weight is 740 g/mol. The molecule has 12 heteroatoms. The molecule has 9 rings (SSSR count). The molecule has 54 heavy (non-hydrogen) atoms. The van der Waals surface area contributed by atoms with Crippen molar-refractivity contribution >= 4 is 27.5 Å². The highest BCUT2D eigenvalue weighted by Gasteiger charge is 2.51. The Morgan fingerprint density at radius 2 is 1.85 bits per heavy atom. The van der Waals surface area contributed by atoms with Gasteiger partial charge in [0.2, 0.25) is 5.88 Å². The van der Waals surface area contributed by atoms with Gasteiger partial charge < -0.3 is 29.0 Å². The zero-order valence-corrected chi connectivity index (χ0v) is 31.1. The molecular formula is C42H47F2N5O5. The summed E-state index contributed by atoms with van der Waals surface area (Å²) in [4.78, 5) is 19.3. The Bertz CT molecular complexity index is 2140. The summed E-state index contributed by atoms with van der Waals surface area (Å²) < 4.78 is 57.1. The second kappa shape index (κ2) is 13.8. The number of halogens is 2. The fourth-order valence-corrected chi connectivity index (χ4v) is 10.5. The van der Waals surface area contributed by atoms with Gasteiger partial charge in [0.25, 0.3) is 0 Å². The van der Waals surface area contributed by atoms with E-state index < -0.39 is 11.6 Å². The van der Waals surface area contributed by atoms with Gasteiger partial charge in [-0.25, -0.2) is 13.8 Å². The van der Waals surface area contributed by atoms with E-state index in [1.807, 2.05) is 0 Å². The number of pyridine rings is 1. The Morgan fingerprint density at radius 1 is 1.04 bits per heavy atom. The summed E-state index contributed by atoms with van der Waals surface area (Å²) in [5.41, 5.74) is -0.237. The van der Waals surface area contributed by atoms with E-state index in [1.165, 1.54) is 31.4 Å². The van der Waals surface area contributed by atoms with Gasteiger partial charge in [-0.05, 0) is 88.9 Å². The van der Waals surface area contributed by atoms with Crippen molar-refractivity contribution in [3.63, 3.8) is 0 Å². The minimum atomic E-state index is -0.779. The van der Waals surface area contributed by atoms with Gasteiger partial charge in [0.1, 0.15) is 34.0 Å². The highest BCUT2D eigenvalue weighted by Crippen LogP contribution is 2.50. The summed E-state index contributed by atoms with van der Waals surface area (Å²) in [6.07, 6.45) is 14.7. The van der Waals surface area contributed by atoms with Gasteiger partial charge in [0.15, 0.2) is 5.82 Å². The van der Waals surface area contributed by atoms with E-state index in [4.69, 9.17) is 35.3 Å². The van der Waals surface area contributed by atoms with Crippen LogP contribution in [-0.2, 0) is 9.47 Å². The number of rotatable bonds is 7. The van der Waals surface area contributed by atoms with Crippen molar-refractivity contribution in [2.24, 2.45) is 11.3 Å². The molecule has 2 bridgehead atoms. The van der Waals surface area contributed by atoms with Crippen LogP contribution in [0.2, 0.25) is 0 Å². The lowest BCUT2D eigenvalue weighted by Crippen LogP contribution is -2.57. The molecule has 3 unspecified atom stereocenters. The SMILES string of the molecule is C#Cc1c(F)ccc2cc(O)cc(-c3nc(OC)c4c(N5CC6COC(C6)C5)nc(OC[C@]56CCC[C@H]5N(C5C[C@@H](C)O[C@@H](C)C5)CCC6)nc4c3F)c12. The van der Waals surface area contributed by atoms with Crippen LogP contribution in [0, 0.1) is 35.3 Å². The molecule has 1 N–H and O–H groups in total. The van der Waals surface area contributed by atoms with Crippen LogP contribution >= 0.6 is 0 Å². The van der Waals surface area contributed by atoms with Crippen LogP contribution in [0.4, 0.5) is 14.6 Å². The van der Waals surface area contributed by atoms with Gasteiger partial charge >= 0.3 is 6.01 Å². The van der Waals surface area contributed by atoms with Crippen LogP contribution in [0.25, 0.3) is 32.9 Å². The quantitative estimate of drug-likeness (QED) is 0.199. The topological polar surface area (TPSA) is 102 Å². The third kappa shape index (κ3) is 5.99. The Kier molecular flexibility index (Phi) is 9.02. The van der Waals surface area contributed by atoms with Crippen molar-refractivity contribution < 1.29 is 32.8 Å². The van der Waals surface area contributed by atoms with Crippen LogP contribution in [0.3, 0.4) is 0 Å². The first-order chi connectivity index (χ1) is 26.1. The van der Waals surface area contributed by atoms with E-state index >= 15 is 8.78 Å². The second-order valence-corrected chi connectivity index (χ2v) is 16.2. The minimum absolute atomic E-state index is 0.0268. The number of ether oxygens (including phenoxy) is 4. The summed E-state index contributed by atoms with van der Waals surface area (Å²) in [6, 6.07) is 6.45. The molecule has 10 nitrogen and oxygen atoms in total. The van der Waals surface area contributed by atoms with Crippen LogP contribution in [0.15, 0.2) is 24.3 Å². The molecule has 2 aromatic heterocycles. The Balaban J connectivity index is 1.15. The number of hydrogen-bond acceptors (Lipinski definition) is 10. The van der Waals surface area contributed by atoms with Gasteiger partial charge in [-0.2, -0.15) is 9.97 Å². The first-order valence-corrected chi connectivity index (χ1v) is 19.4. The monoisotopic (exact) mass is 739 g/mol. The lowest BCUT2D eigenvalue weighted by molar-refractivity contribution is -0.0967. The van der Waals surface area contributed by atoms with Gasteiger partial charge in [-0.15, -0.1) is 6.42 Å². The molecular weight excluding hydrogens is 692 g/mol. The molecule has 7 atom stereocenters. The number of nitrogens with zero attached hydrogens (tertiary/aromatic N) is 5. The average Bonchev–Trinajstić information content (AvgIpc) is 3.75. The van der Waals surface area contributed by atoms with E-state index in [0.29, 0.717) is 60.9 Å². The first-order valence-electron chi connectivity index (χ1n) is 19.4.